The summed E-state index contributed by atoms with van der Waals surface area (Å²) in [4.78, 5) is 17.3. The minimum absolute atomic E-state index is 0.0334. The highest BCUT2D eigenvalue weighted by Gasteiger charge is 2.15. The molecule has 2 N–H and O–H groups in total. The lowest BCUT2D eigenvalue weighted by atomic mass is 10.2. The first-order valence-corrected chi connectivity index (χ1v) is 5.83. The molecule has 0 aliphatic carbocycles. The van der Waals surface area contributed by atoms with Gasteiger partial charge < -0.3 is 15.0 Å². The molecule has 7 heteroatoms. The molecular weight excluding hydrogens is 248 g/mol. The summed E-state index contributed by atoms with van der Waals surface area (Å²) < 4.78 is 5.27. The van der Waals surface area contributed by atoms with Gasteiger partial charge in [0.2, 0.25) is 0 Å². The number of nitro groups is 1. The number of aromatic nitrogens is 2. The molecule has 7 nitrogen and oxygen atoms in total. The van der Waals surface area contributed by atoms with Gasteiger partial charge in [0.1, 0.15) is 0 Å². The molecule has 19 heavy (non-hydrogen) atoms. The summed E-state index contributed by atoms with van der Waals surface area (Å²) in [5.74, 6) is 0.266. The highest BCUT2D eigenvalue weighted by Crippen LogP contribution is 2.30. The molecule has 1 aromatic carbocycles. The number of imidazole rings is 1. The Hall–Kier alpha value is -2.57. The summed E-state index contributed by atoms with van der Waals surface area (Å²) in [5.41, 5.74) is 1.65. The summed E-state index contributed by atoms with van der Waals surface area (Å²) in [7, 11) is 0. The quantitative estimate of drug-likeness (QED) is 0.615. The van der Waals surface area contributed by atoms with Crippen LogP contribution in [0.15, 0.2) is 30.7 Å². The number of anilines is 1. The summed E-state index contributed by atoms with van der Waals surface area (Å²) in [5, 5.41) is 14.0. The molecule has 0 bridgehead atoms. The third-order valence-electron chi connectivity index (χ3n) is 2.49. The van der Waals surface area contributed by atoms with E-state index in [2.05, 4.69) is 15.3 Å². The number of rotatable bonds is 6. The van der Waals surface area contributed by atoms with Crippen LogP contribution in [0.3, 0.4) is 0 Å². The van der Waals surface area contributed by atoms with Crippen LogP contribution >= 0.6 is 0 Å². The fraction of sp³-hybridized carbons (Fsp3) is 0.250. The topological polar surface area (TPSA) is 93.1 Å². The van der Waals surface area contributed by atoms with E-state index < -0.39 is 4.92 Å². The van der Waals surface area contributed by atoms with Crippen molar-refractivity contribution in [3.8, 4) is 5.75 Å². The van der Waals surface area contributed by atoms with Gasteiger partial charge in [-0.25, -0.2) is 4.98 Å². The zero-order chi connectivity index (χ0) is 13.7. The van der Waals surface area contributed by atoms with Crippen LogP contribution in [0.4, 0.5) is 11.4 Å². The Morgan fingerprint density at radius 1 is 1.53 bits per heavy atom. The van der Waals surface area contributed by atoms with Crippen molar-refractivity contribution in [2.45, 2.75) is 13.5 Å². The van der Waals surface area contributed by atoms with Crippen molar-refractivity contribution in [1.29, 1.82) is 0 Å². The number of nitrogens with one attached hydrogen (secondary N) is 2. The third-order valence-corrected chi connectivity index (χ3v) is 2.49. The van der Waals surface area contributed by atoms with Gasteiger partial charge in [0.15, 0.2) is 5.75 Å². The van der Waals surface area contributed by atoms with E-state index >= 15 is 0 Å². The maximum atomic E-state index is 10.8. The fourth-order valence-corrected chi connectivity index (χ4v) is 1.62. The molecule has 0 saturated heterocycles. The van der Waals surface area contributed by atoms with Crippen LogP contribution in [0.5, 0.6) is 5.75 Å². The fourth-order valence-electron chi connectivity index (χ4n) is 1.62. The van der Waals surface area contributed by atoms with Crippen molar-refractivity contribution in [2.24, 2.45) is 0 Å². The molecule has 2 rings (SSSR count). The van der Waals surface area contributed by atoms with Crippen molar-refractivity contribution in [1.82, 2.24) is 9.97 Å². The first kappa shape index (κ1) is 12.9. The summed E-state index contributed by atoms with van der Waals surface area (Å²) in [6.07, 6.45) is 3.31. The van der Waals surface area contributed by atoms with Gasteiger partial charge in [-0.2, -0.15) is 0 Å². The predicted octanol–water partition coefficient (Wildman–Crippen LogP) is 2.33. The molecule has 0 aliphatic rings. The predicted molar refractivity (Wildman–Crippen MR) is 70.2 cm³/mol. The second-order valence-corrected chi connectivity index (χ2v) is 3.80. The molecule has 0 unspecified atom stereocenters. The summed E-state index contributed by atoms with van der Waals surface area (Å²) >= 11 is 0. The lowest BCUT2D eigenvalue weighted by Gasteiger charge is -2.08. The summed E-state index contributed by atoms with van der Waals surface area (Å²) in [6, 6.07) is 4.70. The first-order chi connectivity index (χ1) is 9.20. The monoisotopic (exact) mass is 262 g/mol. The van der Waals surface area contributed by atoms with Crippen LogP contribution in [-0.2, 0) is 6.54 Å². The Morgan fingerprint density at radius 2 is 2.37 bits per heavy atom. The third kappa shape index (κ3) is 3.21. The number of hydrogen-bond donors (Lipinski definition) is 2. The average Bonchev–Trinajstić information content (AvgIpc) is 2.90. The molecule has 0 spiro atoms. The Labute approximate surface area is 109 Å². The normalized spacial score (nSPS) is 10.2. The van der Waals surface area contributed by atoms with Gasteiger partial charge >= 0.3 is 5.69 Å². The van der Waals surface area contributed by atoms with E-state index in [1.807, 2.05) is 0 Å². The van der Waals surface area contributed by atoms with Crippen LogP contribution in [-0.4, -0.2) is 21.5 Å². The Kier molecular flexibility index (Phi) is 3.97. The van der Waals surface area contributed by atoms with E-state index in [1.54, 1.807) is 31.6 Å². The molecule has 0 saturated carbocycles. The lowest BCUT2D eigenvalue weighted by Crippen LogP contribution is -2.02. The lowest BCUT2D eigenvalue weighted by molar-refractivity contribution is -0.385. The molecule has 0 amide bonds. The first-order valence-electron chi connectivity index (χ1n) is 5.83. The highest BCUT2D eigenvalue weighted by atomic mass is 16.6. The second kappa shape index (κ2) is 5.85. The molecule has 0 fully saturated rings. The van der Waals surface area contributed by atoms with Gasteiger partial charge in [-0.05, 0) is 13.0 Å². The maximum absolute atomic E-state index is 10.8. The molecule has 0 radical (unpaired) electrons. The molecule has 1 aromatic heterocycles. The maximum Gasteiger partial charge on any atom is 0.311 e. The number of hydrogen-bond acceptors (Lipinski definition) is 5. The van der Waals surface area contributed by atoms with E-state index in [0.29, 0.717) is 13.2 Å². The minimum Gasteiger partial charge on any atom is -0.487 e. The average molecular weight is 262 g/mol. The van der Waals surface area contributed by atoms with Crippen LogP contribution in [0.1, 0.15) is 12.6 Å². The molecule has 0 aliphatic heterocycles. The number of nitrogens with zero attached hydrogens (tertiary/aromatic N) is 2. The number of H-pyrrole nitrogens is 1. The largest absolute Gasteiger partial charge is 0.487 e. The highest BCUT2D eigenvalue weighted by molar-refractivity contribution is 5.58. The van der Waals surface area contributed by atoms with Gasteiger partial charge in [-0.3, -0.25) is 10.1 Å². The molecule has 100 valence electrons. The number of aromatic amines is 1. The van der Waals surface area contributed by atoms with E-state index in [-0.39, 0.29) is 11.4 Å². The Morgan fingerprint density at radius 3 is 3.00 bits per heavy atom. The van der Waals surface area contributed by atoms with Crippen molar-refractivity contribution in [3.05, 3.63) is 46.5 Å². The van der Waals surface area contributed by atoms with Crippen molar-refractivity contribution in [3.63, 3.8) is 0 Å². The molecule has 1 heterocycles. The van der Waals surface area contributed by atoms with Crippen LogP contribution < -0.4 is 10.1 Å². The molecular formula is C12H14N4O3. The van der Waals surface area contributed by atoms with Crippen molar-refractivity contribution in [2.75, 3.05) is 11.9 Å². The van der Waals surface area contributed by atoms with Crippen LogP contribution in [0, 0.1) is 10.1 Å². The van der Waals surface area contributed by atoms with Crippen LogP contribution in [0.2, 0.25) is 0 Å². The van der Waals surface area contributed by atoms with Crippen molar-refractivity contribution >= 4 is 11.4 Å². The smallest absolute Gasteiger partial charge is 0.311 e. The van der Waals surface area contributed by atoms with E-state index in [0.717, 1.165) is 11.4 Å². The van der Waals surface area contributed by atoms with Gasteiger partial charge in [-0.1, -0.05) is 0 Å². The van der Waals surface area contributed by atoms with Crippen LogP contribution in [0.25, 0.3) is 0 Å². The van der Waals surface area contributed by atoms with Gasteiger partial charge in [-0.15, -0.1) is 0 Å². The second-order valence-electron chi connectivity index (χ2n) is 3.80. The SMILES string of the molecule is CCOc1cc(NCc2cnc[nH]2)ccc1[N+](=O)[O-]. The van der Waals surface area contributed by atoms with Crippen molar-refractivity contribution < 1.29 is 9.66 Å². The summed E-state index contributed by atoms with van der Waals surface area (Å²) in [6.45, 7) is 2.72. The Balaban J connectivity index is 2.13. The number of ether oxygens (including phenoxy) is 1. The number of benzene rings is 1. The Bertz CT molecular complexity index is 554. The zero-order valence-electron chi connectivity index (χ0n) is 10.4. The van der Waals surface area contributed by atoms with E-state index in [9.17, 15) is 10.1 Å². The van der Waals surface area contributed by atoms with Gasteiger partial charge in [0, 0.05) is 24.0 Å². The van der Waals surface area contributed by atoms with Gasteiger partial charge in [0.05, 0.1) is 30.1 Å². The van der Waals surface area contributed by atoms with E-state index in [1.165, 1.54) is 6.07 Å². The number of nitro benzene ring substituents is 1. The van der Waals surface area contributed by atoms with Gasteiger partial charge in [0.25, 0.3) is 0 Å². The molecule has 2 aromatic rings. The molecule has 0 atom stereocenters. The zero-order valence-corrected chi connectivity index (χ0v) is 10.4. The standard InChI is InChI=1S/C12H14N4O3/c1-2-19-12-5-9(3-4-11(12)16(17)18)14-7-10-6-13-8-15-10/h3-6,8,14H,2,7H2,1H3,(H,13,15). The minimum atomic E-state index is -0.455. The van der Waals surface area contributed by atoms with E-state index in [4.69, 9.17) is 4.74 Å².